The molecule has 0 fully saturated rings. The van der Waals surface area contributed by atoms with Crippen molar-refractivity contribution in [1.82, 2.24) is 26.2 Å². The summed E-state index contributed by atoms with van der Waals surface area (Å²) in [4.78, 5) is 2.16. The van der Waals surface area contributed by atoms with Crippen LogP contribution >= 0.6 is 0 Å². The predicted octanol–water partition coefficient (Wildman–Crippen LogP) is 12.3. The molecule has 0 saturated carbocycles. The zero-order valence-electron chi connectivity index (χ0n) is 35.9. The van der Waals surface area contributed by atoms with Crippen molar-refractivity contribution in [2.24, 2.45) is 0 Å². The van der Waals surface area contributed by atoms with Gasteiger partial charge in [-0.05, 0) is 123 Å². The van der Waals surface area contributed by atoms with E-state index >= 15 is 0 Å². The molecule has 6 nitrogen and oxygen atoms in total. The first-order valence-electron chi connectivity index (χ1n) is 19.3. The van der Waals surface area contributed by atoms with Gasteiger partial charge < -0.3 is 31.3 Å². The van der Waals surface area contributed by atoms with Gasteiger partial charge in [-0.3, -0.25) is 0 Å². The van der Waals surface area contributed by atoms with Crippen LogP contribution in [0.3, 0.4) is 0 Å². The number of aliphatic hydroxyl groups is 1. The molecule has 55 heavy (non-hydrogen) atoms. The highest BCUT2D eigenvalue weighted by Gasteiger charge is 2.20. The second kappa shape index (κ2) is 23.2. The van der Waals surface area contributed by atoms with Crippen LogP contribution in [0.15, 0.2) is 163 Å². The van der Waals surface area contributed by atoms with Crippen LogP contribution in [0.4, 0.5) is 0 Å². The maximum atomic E-state index is 9.62. The summed E-state index contributed by atoms with van der Waals surface area (Å²) in [7, 11) is 0. The van der Waals surface area contributed by atoms with E-state index in [1.807, 2.05) is 58.9 Å². The highest BCUT2D eigenvalue weighted by Crippen LogP contribution is 2.30. The topological polar surface area (TPSA) is 71.6 Å². The summed E-state index contributed by atoms with van der Waals surface area (Å²) < 4.78 is 0. The molecule has 6 heteroatoms. The smallest absolute Gasteiger partial charge is 0.181 e. The fourth-order valence-corrected chi connectivity index (χ4v) is 5.47. The molecule has 0 aromatic heterocycles. The Morgan fingerprint density at radius 1 is 0.800 bits per heavy atom. The lowest BCUT2D eigenvalue weighted by Gasteiger charge is -2.32. The van der Waals surface area contributed by atoms with Crippen molar-refractivity contribution in [1.29, 1.82) is 0 Å². The van der Waals surface area contributed by atoms with Crippen LogP contribution in [0.1, 0.15) is 102 Å². The number of aliphatic hydroxyl groups excluding tert-OH is 1. The van der Waals surface area contributed by atoms with Gasteiger partial charge in [0.25, 0.3) is 0 Å². The van der Waals surface area contributed by atoms with E-state index < -0.39 is 0 Å². The maximum absolute atomic E-state index is 9.62. The first-order valence-corrected chi connectivity index (χ1v) is 19.3. The van der Waals surface area contributed by atoms with Crippen LogP contribution < -0.4 is 21.3 Å². The lowest BCUT2D eigenvalue weighted by molar-refractivity contribution is 0.388. The first-order chi connectivity index (χ1) is 26.1. The van der Waals surface area contributed by atoms with Crippen molar-refractivity contribution in [3.8, 4) is 0 Å². The van der Waals surface area contributed by atoms with E-state index in [0.717, 1.165) is 79.6 Å². The van der Waals surface area contributed by atoms with Gasteiger partial charge in [-0.2, -0.15) is 0 Å². The summed E-state index contributed by atoms with van der Waals surface area (Å²) in [5.41, 5.74) is 16.8. The van der Waals surface area contributed by atoms with Crippen molar-refractivity contribution < 1.29 is 5.11 Å². The quantitative estimate of drug-likeness (QED) is 0.0729. The molecule has 296 valence electrons. The standard InChI is InChI=1S/C45H57N5O.2C2H6/c1-15-33(9)50(37(13)28(3)4)45(36(12)46-25-39-18-17-29(5)42(24-39)27-48-44-22-30(6)34(44)10)23-31(7)35(11)47-26-41-20-19-40(21-32(41)8)43(16-2)49-38(14)51;2*1-2/h16-24,46-49,51H,6-7,9-12,14-15,25-27H2,1-5,8,13H3;2*1-2H3/b43-16-,45-23-;;. The molecule has 3 rings (SSSR count). The molecule has 0 saturated heterocycles. The number of hydrogen-bond acceptors (Lipinski definition) is 6. The van der Waals surface area contributed by atoms with E-state index in [9.17, 15) is 5.11 Å². The minimum absolute atomic E-state index is 0.0958. The highest BCUT2D eigenvalue weighted by atomic mass is 16.3. The Kier molecular flexibility index (Phi) is 20.0. The van der Waals surface area contributed by atoms with Gasteiger partial charge in [0.1, 0.15) is 0 Å². The number of rotatable bonds is 19. The molecular weight excluding hydrogens is 675 g/mol. The monoisotopic (exact) mass is 744 g/mol. The normalized spacial score (nSPS) is 11.9. The zero-order valence-corrected chi connectivity index (χ0v) is 35.9. The number of nitrogens with zero attached hydrogens (tertiary/aromatic N) is 1. The first kappa shape index (κ1) is 47.4. The summed E-state index contributed by atoms with van der Waals surface area (Å²) in [5, 5.41) is 23.1. The molecule has 0 radical (unpaired) electrons. The molecule has 2 aromatic carbocycles. The summed E-state index contributed by atoms with van der Waals surface area (Å²) in [6, 6.07) is 12.7. The Balaban J connectivity index is 0.00000365. The molecule has 0 heterocycles. The van der Waals surface area contributed by atoms with Gasteiger partial charge in [-0.15, -0.1) is 0 Å². The zero-order chi connectivity index (χ0) is 42.0. The van der Waals surface area contributed by atoms with Crippen LogP contribution in [0.5, 0.6) is 0 Å². The second-order valence-corrected chi connectivity index (χ2v) is 13.2. The molecule has 1 aliphatic carbocycles. The molecule has 0 unspecified atom stereocenters. The molecule has 0 atom stereocenters. The number of benzene rings is 2. The molecule has 0 bridgehead atoms. The number of allylic oxidation sites excluding steroid dienone is 7. The average molecular weight is 744 g/mol. The Labute approximate surface area is 334 Å². The molecule has 5 N–H and O–H groups in total. The average Bonchev–Trinajstić information content (AvgIpc) is 3.18. The van der Waals surface area contributed by atoms with E-state index in [1.54, 1.807) is 0 Å². The summed E-state index contributed by atoms with van der Waals surface area (Å²) >= 11 is 0. The lowest BCUT2D eigenvalue weighted by atomic mass is 9.94. The molecule has 1 aliphatic rings. The number of aryl methyl sites for hydroxylation is 2. The van der Waals surface area contributed by atoms with Gasteiger partial charge >= 0.3 is 0 Å². The van der Waals surface area contributed by atoms with Crippen molar-refractivity contribution in [2.45, 2.75) is 102 Å². The van der Waals surface area contributed by atoms with Crippen molar-refractivity contribution >= 4 is 5.70 Å². The van der Waals surface area contributed by atoms with Gasteiger partial charge in [0.15, 0.2) is 5.88 Å². The van der Waals surface area contributed by atoms with Crippen LogP contribution in [0.2, 0.25) is 0 Å². The van der Waals surface area contributed by atoms with Gasteiger partial charge in [0.05, 0.1) is 11.4 Å². The Hall–Kier alpha value is -5.62. The van der Waals surface area contributed by atoms with E-state index in [4.69, 9.17) is 0 Å². The molecular formula is C49H69N5O. The van der Waals surface area contributed by atoms with Crippen LogP contribution in [0.25, 0.3) is 5.70 Å². The SMILES string of the molecule is C=C(O)N/C(=C\C)c1ccc(CNC(=C)C(=C)/C=C(/C(=C)NCc2ccc(C)c(CNC3=CC(=C)C3=C)c2)N(C(=C)CC)C(C)=C(C)C)c(C)c1.CC.CC. The predicted molar refractivity (Wildman–Crippen MR) is 241 cm³/mol. The number of hydrogen-bond donors (Lipinski definition) is 5. The lowest BCUT2D eigenvalue weighted by Crippen LogP contribution is -2.27. The van der Waals surface area contributed by atoms with Gasteiger partial charge in [-0.1, -0.05) is 116 Å². The second-order valence-electron chi connectivity index (χ2n) is 13.2. The maximum Gasteiger partial charge on any atom is 0.181 e. The third-order valence-electron chi connectivity index (χ3n) is 9.17. The molecule has 0 amide bonds. The van der Waals surface area contributed by atoms with E-state index in [2.05, 4.69) is 144 Å². The Morgan fingerprint density at radius 3 is 1.96 bits per heavy atom. The third-order valence-corrected chi connectivity index (χ3v) is 9.17. The number of nitrogens with one attached hydrogen (secondary N) is 4. The highest BCUT2D eigenvalue weighted by molar-refractivity contribution is 5.66. The Morgan fingerprint density at radius 2 is 1.44 bits per heavy atom. The van der Waals surface area contributed by atoms with Gasteiger partial charge in [-0.25, -0.2) is 0 Å². The van der Waals surface area contributed by atoms with Gasteiger partial charge in [0.2, 0.25) is 0 Å². The van der Waals surface area contributed by atoms with E-state index in [1.165, 1.54) is 16.7 Å². The largest absolute Gasteiger partial charge is 0.495 e. The minimum Gasteiger partial charge on any atom is -0.495 e. The Bertz CT molecular complexity index is 1890. The van der Waals surface area contributed by atoms with Gasteiger partial charge in [0, 0.05) is 48.1 Å². The van der Waals surface area contributed by atoms with Crippen LogP contribution in [-0.2, 0) is 19.6 Å². The van der Waals surface area contributed by atoms with Crippen molar-refractivity contribution in [3.63, 3.8) is 0 Å². The summed E-state index contributed by atoms with van der Waals surface area (Å²) in [6.07, 6.45) is 6.72. The molecule has 0 aliphatic heterocycles. The summed E-state index contributed by atoms with van der Waals surface area (Å²) in [6.45, 7) is 53.6. The fourth-order valence-electron chi connectivity index (χ4n) is 5.47. The van der Waals surface area contributed by atoms with Crippen molar-refractivity contribution in [3.05, 3.63) is 196 Å². The molecule has 0 spiro atoms. The van der Waals surface area contributed by atoms with Crippen LogP contribution in [0, 0.1) is 13.8 Å². The fraction of sp³-hybridized carbons (Fsp3) is 0.306. The third kappa shape index (κ3) is 13.6. The summed E-state index contributed by atoms with van der Waals surface area (Å²) in [5.74, 6) is -0.0958. The van der Waals surface area contributed by atoms with Crippen molar-refractivity contribution in [2.75, 3.05) is 0 Å². The minimum atomic E-state index is -0.0958. The molecule has 2 aromatic rings. The van der Waals surface area contributed by atoms with Crippen LogP contribution in [-0.4, -0.2) is 10.0 Å². The van der Waals surface area contributed by atoms with E-state index in [-0.39, 0.29) is 5.88 Å². The van der Waals surface area contributed by atoms with E-state index in [0.29, 0.717) is 25.3 Å².